The topological polar surface area (TPSA) is 64.0 Å². The van der Waals surface area contributed by atoms with Crippen LogP contribution in [0.3, 0.4) is 0 Å². The third kappa shape index (κ3) is 4.09. The molecule has 5 nitrogen and oxygen atoms in total. The lowest BCUT2D eigenvalue weighted by Crippen LogP contribution is -2.14. The summed E-state index contributed by atoms with van der Waals surface area (Å²) >= 11 is 0. The number of anilines is 1. The lowest BCUT2D eigenvalue weighted by Gasteiger charge is -2.12. The zero-order chi connectivity index (χ0) is 21.3. The first-order chi connectivity index (χ1) is 14.3. The van der Waals surface area contributed by atoms with Crippen LogP contribution < -0.4 is 4.72 Å². The summed E-state index contributed by atoms with van der Waals surface area (Å²) in [4.78, 5) is 5.03. The molecule has 6 heteroatoms. The van der Waals surface area contributed by atoms with Gasteiger partial charge in [-0.2, -0.15) is 0 Å². The number of fused-ring (bicyclic) bond motifs is 1. The van der Waals surface area contributed by atoms with Gasteiger partial charge >= 0.3 is 0 Å². The fourth-order valence-electron chi connectivity index (χ4n) is 3.67. The number of benzene rings is 3. The second-order valence-electron chi connectivity index (χ2n) is 7.65. The van der Waals surface area contributed by atoms with Gasteiger partial charge in [-0.3, -0.25) is 4.72 Å². The molecule has 30 heavy (non-hydrogen) atoms. The lowest BCUT2D eigenvalue weighted by atomic mass is 10.1. The Bertz CT molecular complexity index is 1320. The summed E-state index contributed by atoms with van der Waals surface area (Å²) < 4.78 is 30.6. The average molecular weight is 420 g/mol. The van der Waals surface area contributed by atoms with Gasteiger partial charge in [-0.15, -0.1) is 0 Å². The van der Waals surface area contributed by atoms with E-state index in [1.807, 2.05) is 62.5 Å². The molecule has 0 aliphatic carbocycles. The average Bonchev–Trinajstić information content (AvgIpc) is 3.04. The molecule has 0 fully saturated rings. The first kappa shape index (κ1) is 20.2. The van der Waals surface area contributed by atoms with Gasteiger partial charge in [0, 0.05) is 19.2 Å². The van der Waals surface area contributed by atoms with Gasteiger partial charge in [0.05, 0.1) is 15.9 Å². The maximum Gasteiger partial charge on any atom is 0.262 e. The molecule has 0 radical (unpaired) electrons. The molecule has 4 rings (SSSR count). The Balaban J connectivity index is 1.52. The standard InChI is InChI=1S/C24H25N3O2S/c1-17-11-12-18(2)23(15-17)30(28,29)26-20-8-6-7-19(16-20)13-14-24-25-21-9-4-5-10-22(21)27(24)3/h4-12,15-16,26H,13-14H2,1-3H3. The van der Waals surface area contributed by atoms with Crippen molar-refractivity contribution in [1.29, 1.82) is 0 Å². The summed E-state index contributed by atoms with van der Waals surface area (Å²) in [5.74, 6) is 1.01. The van der Waals surface area contributed by atoms with Crippen molar-refractivity contribution in [3.05, 3.63) is 89.2 Å². The quantitative estimate of drug-likeness (QED) is 0.489. The molecule has 0 unspecified atom stereocenters. The number of nitrogens with zero attached hydrogens (tertiary/aromatic N) is 2. The molecule has 0 saturated heterocycles. The van der Waals surface area contributed by atoms with Crippen LogP contribution in [-0.4, -0.2) is 18.0 Å². The van der Waals surface area contributed by atoms with Crippen molar-refractivity contribution < 1.29 is 8.42 Å². The van der Waals surface area contributed by atoms with Gasteiger partial charge in [0.2, 0.25) is 0 Å². The Kier molecular flexibility index (Phi) is 5.35. The van der Waals surface area contributed by atoms with Crippen molar-refractivity contribution in [2.45, 2.75) is 31.6 Å². The Hall–Kier alpha value is -3.12. The van der Waals surface area contributed by atoms with Crippen LogP contribution in [0.15, 0.2) is 71.6 Å². The minimum absolute atomic E-state index is 0.313. The van der Waals surface area contributed by atoms with Gasteiger partial charge in [0.1, 0.15) is 5.82 Å². The first-order valence-electron chi connectivity index (χ1n) is 9.93. The van der Waals surface area contributed by atoms with E-state index in [0.717, 1.165) is 46.4 Å². The fourth-order valence-corrected chi connectivity index (χ4v) is 5.05. The van der Waals surface area contributed by atoms with Crippen molar-refractivity contribution in [2.75, 3.05) is 4.72 Å². The van der Waals surface area contributed by atoms with E-state index in [0.29, 0.717) is 10.6 Å². The van der Waals surface area contributed by atoms with Gasteiger partial charge in [0.15, 0.2) is 0 Å². The smallest absolute Gasteiger partial charge is 0.262 e. The number of hydrogen-bond acceptors (Lipinski definition) is 3. The van der Waals surface area contributed by atoms with Crippen LogP contribution >= 0.6 is 0 Å². The zero-order valence-electron chi connectivity index (χ0n) is 17.4. The summed E-state index contributed by atoms with van der Waals surface area (Å²) in [5, 5.41) is 0. The van der Waals surface area contributed by atoms with E-state index in [-0.39, 0.29) is 0 Å². The number of nitrogens with one attached hydrogen (secondary N) is 1. The predicted molar refractivity (Wildman–Crippen MR) is 121 cm³/mol. The van der Waals surface area contributed by atoms with Crippen LogP contribution in [0.1, 0.15) is 22.5 Å². The van der Waals surface area contributed by atoms with Crippen LogP contribution in [0.25, 0.3) is 11.0 Å². The van der Waals surface area contributed by atoms with Gasteiger partial charge in [0.25, 0.3) is 10.0 Å². The molecule has 0 aliphatic rings. The highest BCUT2D eigenvalue weighted by atomic mass is 32.2. The Morgan fingerprint density at radius 3 is 2.53 bits per heavy atom. The van der Waals surface area contributed by atoms with Crippen molar-refractivity contribution in [1.82, 2.24) is 9.55 Å². The van der Waals surface area contributed by atoms with Crippen LogP contribution in [0.4, 0.5) is 5.69 Å². The normalized spacial score (nSPS) is 11.7. The largest absolute Gasteiger partial charge is 0.331 e. The first-order valence-corrected chi connectivity index (χ1v) is 11.4. The Morgan fingerprint density at radius 2 is 1.73 bits per heavy atom. The molecule has 154 valence electrons. The number of rotatable bonds is 6. The molecule has 1 aromatic heterocycles. The molecular formula is C24H25N3O2S. The van der Waals surface area contributed by atoms with E-state index in [9.17, 15) is 8.42 Å². The summed E-state index contributed by atoms with van der Waals surface area (Å²) in [6, 6.07) is 21.1. The number of aryl methyl sites for hydroxylation is 5. The number of para-hydroxylation sites is 2. The van der Waals surface area contributed by atoms with E-state index in [4.69, 9.17) is 4.98 Å². The monoisotopic (exact) mass is 419 g/mol. The highest BCUT2D eigenvalue weighted by molar-refractivity contribution is 7.92. The summed E-state index contributed by atoms with van der Waals surface area (Å²) in [6.45, 7) is 3.70. The lowest BCUT2D eigenvalue weighted by molar-refractivity contribution is 0.600. The summed E-state index contributed by atoms with van der Waals surface area (Å²) in [5.41, 5.74) is 5.37. The summed E-state index contributed by atoms with van der Waals surface area (Å²) in [7, 11) is -1.61. The van der Waals surface area contributed by atoms with Crippen molar-refractivity contribution in [3.63, 3.8) is 0 Å². The second-order valence-corrected chi connectivity index (χ2v) is 9.30. The maximum absolute atomic E-state index is 12.9. The molecule has 0 aliphatic heterocycles. The number of imidazole rings is 1. The molecule has 3 aromatic carbocycles. The molecule has 0 amide bonds. The minimum Gasteiger partial charge on any atom is -0.331 e. The van der Waals surface area contributed by atoms with Crippen molar-refractivity contribution in [3.8, 4) is 0 Å². The van der Waals surface area contributed by atoms with E-state index in [1.165, 1.54) is 0 Å². The van der Waals surface area contributed by atoms with Crippen LogP contribution in [0, 0.1) is 13.8 Å². The van der Waals surface area contributed by atoms with E-state index < -0.39 is 10.0 Å². The third-order valence-corrected chi connectivity index (χ3v) is 6.85. The highest BCUT2D eigenvalue weighted by Gasteiger charge is 2.17. The van der Waals surface area contributed by atoms with E-state index >= 15 is 0 Å². The number of aromatic nitrogens is 2. The van der Waals surface area contributed by atoms with Gasteiger partial charge in [-0.25, -0.2) is 13.4 Å². The molecule has 0 spiro atoms. The predicted octanol–water partition coefficient (Wildman–Crippen LogP) is 4.78. The number of hydrogen-bond donors (Lipinski definition) is 1. The van der Waals surface area contributed by atoms with E-state index in [1.54, 1.807) is 19.1 Å². The highest BCUT2D eigenvalue weighted by Crippen LogP contribution is 2.22. The molecule has 1 heterocycles. The maximum atomic E-state index is 12.9. The SMILES string of the molecule is Cc1ccc(C)c(S(=O)(=O)Nc2cccc(CCc3nc4ccccc4n3C)c2)c1. The van der Waals surface area contributed by atoms with Crippen LogP contribution in [0.2, 0.25) is 0 Å². The molecule has 1 N–H and O–H groups in total. The van der Waals surface area contributed by atoms with Gasteiger partial charge in [-0.05, 0) is 67.3 Å². The van der Waals surface area contributed by atoms with Crippen molar-refractivity contribution >= 4 is 26.7 Å². The fraction of sp³-hybridized carbons (Fsp3) is 0.208. The Morgan fingerprint density at radius 1 is 0.933 bits per heavy atom. The van der Waals surface area contributed by atoms with E-state index in [2.05, 4.69) is 15.4 Å². The number of sulfonamides is 1. The molecule has 0 atom stereocenters. The Labute approximate surface area is 177 Å². The van der Waals surface area contributed by atoms with Crippen LogP contribution in [-0.2, 0) is 29.9 Å². The summed E-state index contributed by atoms with van der Waals surface area (Å²) in [6.07, 6.45) is 1.55. The second kappa shape index (κ2) is 7.95. The molecule has 4 aromatic rings. The minimum atomic E-state index is -3.64. The zero-order valence-corrected chi connectivity index (χ0v) is 18.2. The molecule has 0 bridgehead atoms. The van der Waals surface area contributed by atoms with Crippen molar-refractivity contribution in [2.24, 2.45) is 7.05 Å². The van der Waals surface area contributed by atoms with Gasteiger partial charge < -0.3 is 4.57 Å². The van der Waals surface area contributed by atoms with Gasteiger partial charge in [-0.1, -0.05) is 36.4 Å². The molecular weight excluding hydrogens is 394 g/mol. The molecule has 0 saturated carbocycles. The van der Waals surface area contributed by atoms with Crippen LogP contribution in [0.5, 0.6) is 0 Å². The third-order valence-electron chi connectivity index (χ3n) is 5.33.